The minimum Gasteiger partial charge on any atom is -0.508 e. The molecule has 0 aromatic heterocycles. The molecule has 110 valence electrons. The van der Waals surface area contributed by atoms with Crippen LogP contribution in [-0.4, -0.2) is 10.8 Å². The number of rotatable bonds is 4. The van der Waals surface area contributed by atoms with Crippen LogP contribution < -0.4 is 0 Å². The number of aryl methyl sites for hydroxylation is 2. The zero-order chi connectivity index (χ0) is 15.4. The highest BCUT2D eigenvalue weighted by molar-refractivity contribution is 5.98. The highest BCUT2D eigenvalue weighted by atomic mass is 19.1. The average Bonchev–Trinajstić information content (AvgIpc) is 2.44. The minimum atomic E-state index is -0.296. The first-order valence-electron chi connectivity index (χ1n) is 6.69. The molecule has 0 bridgehead atoms. The molecule has 1 N–H and O–H groups in total. The normalized spacial score (nSPS) is 11.5. The van der Waals surface area contributed by atoms with Gasteiger partial charge in [-0.2, -0.15) is 0 Å². The lowest BCUT2D eigenvalue weighted by Gasteiger charge is -2.06. The van der Waals surface area contributed by atoms with Crippen molar-refractivity contribution in [1.82, 2.24) is 0 Å². The maximum Gasteiger partial charge on any atom is 0.145 e. The first kappa shape index (κ1) is 15.0. The number of hydrogen-bond donors (Lipinski definition) is 1. The Morgan fingerprint density at radius 2 is 1.95 bits per heavy atom. The molecule has 0 fully saturated rings. The largest absolute Gasteiger partial charge is 0.508 e. The van der Waals surface area contributed by atoms with Gasteiger partial charge in [-0.15, -0.1) is 0 Å². The molecule has 0 spiro atoms. The molecule has 2 aromatic rings. The Kier molecular flexibility index (Phi) is 4.58. The molecule has 0 aliphatic rings. The number of phenols is 1. The smallest absolute Gasteiger partial charge is 0.145 e. The Morgan fingerprint density at radius 3 is 2.62 bits per heavy atom. The molecule has 2 rings (SSSR count). The predicted molar refractivity (Wildman–Crippen MR) is 81.0 cm³/mol. The molecule has 0 aliphatic heterocycles. The number of benzene rings is 2. The van der Waals surface area contributed by atoms with Crippen molar-refractivity contribution in [3.8, 4) is 5.75 Å². The van der Waals surface area contributed by atoms with Crippen molar-refractivity contribution < 1.29 is 14.3 Å². The van der Waals surface area contributed by atoms with E-state index < -0.39 is 0 Å². The molecule has 0 atom stereocenters. The van der Waals surface area contributed by atoms with Gasteiger partial charge in [-0.3, -0.25) is 0 Å². The van der Waals surface area contributed by atoms with Gasteiger partial charge in [-0.1, -0.05) is 29.4 Å². The van der Waals surface area contributed by atoms with Crippen molar-refractivity contribution in [2.24, 2.45) is 5.16 Å². The summed E-state index contributed by atoms with van der Waals surface area (Å²) in [6.07, 6.45) is 0. The number of phenolic OH excluding ortho intramolecular Hbond substituents is 1. The van der Waals surface area contributed by atoms with Crippen molar-refractivity contribution in [1.29, 1.82) is 0 Å². The highest BCUT2D eigenvalue weighted by Gasteiger charge is 2.04. The van der Waals surface area contributed by atoms with Crippen molar-refractivity contribution in [2.75, 3.05) is 0 Å². The summed E-state index contributed by atoms with van der Waals surface area (Å²) in [5, 5.41) is 13.6. The molecule has 3 nitrogen and oxygen atoms in total. The Morgan fingerprint density at radius 1 is 1.19 bits per heavy atom. The molecule has 0 amide bonds. The van der Waals surface area contributed by atoms with Gasteiger partial charge < -0.3 is 9.94 Å². The number of halogens is 1. The second-order valence-electron chi connectivity index (χ2n) is 5.05. The lowest BCUT2D eigenvalue weighted by Crippen LogP contribution is -1.98. The second-order valence-corrected chi connectivity index (χ2v) is 5.05. The summed E-state index contributed by atoms with van der Waals surface area (Å²) in [5.41, 5.74) is 3.52. The van der Waals surface area contributed by atoms with E-state index in [1.807, 2.05) is 32.0 Å². The van der Waals surface area contributed by atoms with Crippen LogP contribution in [0.1, 0.15) is 29.2 Å². The third-order valence-corrected chi connectivity index (χ3v) is 3.26. The molecule has 0 saturated carbocycles. The maximum absolute atomic E-state index is 13.6. The van der Waals surface area contributed by atoms with E-state index in [4.69, 9.17) is 4.84 Å². The lowest BCUT2D eigenvalue weighted by molar-refractivity contribution is 0.128. The topological polar surface area (TPSA) is 41.8 Å². The van der Waals surface area contributed by atoms with Crippen LogP contribution in [0.2, 0.25) is 0 Å². The number of hydrogen-bond acceptors (Lipinski definition) is 3. The van der Waals surface area contributed by atoms with Crippen LogP contribution >= 0.6 is 0 Å². The van der Waals surface area contributed by atoms with Gasteiger partial charge in [0.1, 0.15) is 18.2 Å². The average molecular weight is 287 g/mol. The molecule has 2 aromatic carbocycles. The SMILES string of the molecule is C/C(=N\OCc1ccc(C)cc1F)c1ccc(C)c(O)c1. The van der Waals surface area contributed by atoms with E-state index in [-0.39, 0.29) is 18.2 Å². The van der Waals surface area contributed by atoms with Crippen LogP contribution in [0.3, 0.4) is 0 Å². The first-order valence-corrected chi connectivity index (χ1v) is 6.69. The van der Waals surface area contributed by atoms with Crippen molar-refractivity contribution in [3.05, 3.63) is 64.5 Å². The molecule has 0 aliphatic carbocycles. The third kappa shape index (κ3) is 3.81. The van der Waals surface area contributed by atoms with Crippen LogP contribution in [-0.2, 0) is 11.4 Å². The molecule has 4 heteroatoms. The maximum atomic E-state index is 13.6. The van der Waals surface area contributed by atoms with E-state index in [9.17, 15) is 9.50 Å². The standard InChI is InChI=1S/C17H18FNO2/c1-11-4-6-15(16(18)8-11)10-21-19-13(3)14-7-5-12(2)17(20)9-14/h4-9,20H,10H2,1-3H3/b19-13+. The summed E-state index contributed by atoms with van der Waals surface area (Å²) in [5.74, 6) is -0.0811. The summed E-state index contributed by atoms with van der Waals surface area (Å²) in [7, 11) is 0. The van der Waals surface area contributed by atoms with E-state index in [0.29, 0.717) is 11.3 Å². The van der Waals surface area contributed by atoms with Crippen LogP contribution in [0.5, 0.6) is 5.75 Å². The van der Waals surface area contributed by atoms with E-state index in [0.717, 1.165) is 16.7 Å². The Bertz CT molecular complexity index is 680. The van der Waals surface area contributed by atoms with Crippen LogP contribution in [0, 0.1) is 19.7 Å². The summed E-state index contributed by atoms with van der Waals surface area (Å²) >= 11 is 0. The summed E-state index contributed by atoms with van der Waals surface area (Å²) in [4.78, 5) is 5.19. The summed E-state index contributed by atoms with van der Waals surface area (Å²) in [6, 6.07) is 10.3. The number of aromatic hydroxyl groups is 1. The van der Waals surface area contributed by atoms with E-state index in [2.05, 4.69) is 5.16 Å². The fourth-order valence-electron chi connectivity index (χ4n) is 1.86. The van der Waals surface area contributed by atoms with Gasteiger partial charge >= 0.3 is 0 Å². The quantitative estimate of drug-likeness (QED) is 0.679. The van der Waals surface area contributed by atoms with Gasteiger partial charge in [-0.25, -0.2) is 4.39 Å². The van der Waals surface area contributed by atoms with Gasteiger partial charge in [0.2, 0.25) is 0 Å². The van der Waals surface area contributed by atoms with Gasteiger partial charge in [-0.05, 0) is 44.0 Å². The molecule has 0 saturated heterocycles. The predicted octanol–water partition coefficient (Wildman–Crippen LogP) is 4.09. The van der Waals surface area contributed by atoms with Gasteiger partial charge in [0, 0.05) is 11.1 Å². The molecule has 0 radical (unpaired) electrons. The molecular formula is C17H18FNO2. The number of nitrogens with zero attached hydrogens (tertiary/aromatic N) is 1. The molecular weight excluding hydrogens is 269 g/mol. The molecule has 21 heavy (non-hydrogen) atoms. The Labute approximate surface area is 123 Å². The lowest BCUT2D eigenvalue weighted by atomic mass is 10.1. The minimum absolute atomic E-state index is 0.0707. The second kappa shape index (κ2) is 6.39. The van der Waals surface area contributed by atoms with E-state index in [1.165, 1.54) is 6.07 Å². The van der Waals surface area contributed by atoms with Gasteiger partial charge in [0.15, 0.2) is 0 Å². The van der Waals surface area contributed by atoms with Gasteiger partial charge in [0.25, 0.3) is 0 Å². The Balaban J connectivity index is 2.04. The monoisotopic (exact) mass is 287 g/mol. The van der Waals surface area contributed by atoms with Crippen molar-refractivity contribution >= 4 is 5.71 Å². The summed E-state index contributed by atoms with van der Waals surface area (Å²) < 4.78 is 13.6. The zero-order valence-electron chi connectivity index (χ0n) is 12.4. The zero-order valence-corrected chi connectivity index (χ0v) is 12.4. The van der Waals surface area contributed by atoms with Crippen molar-refractivity contribution in [3.63, 3.8) is 0 Å². The van der Waals surface area contributed by atoms with Crippen molar-refractivity contribution in [2.45, 2.75) is 27.4 Å². The van der Waals surface area contributed by atoms with Crippen LogP contribution in [0.25, 0.3) is 0 Å². The first-order chi connectivity index (χ1) is 9.97. The number of oxime groups is 1. The van der Waals surface area contributed by atoms with Crippen LogP contribution in [0.4, 0.5) is 4.39 Å². The van der Waals surface area contributed by atoms with E-state index >= 15 is 0 Å². The Hall–Kier alpha value is -2.36. The van der Waals surface area contributed by atoms with E-state index in [1.54, 1.807) is 19.1 Å². The molecule has 0 heterocycles. The summed E-state index contributed by atoms with van der Waals surface area (Å²) in [6.45, 7) is 5.50. The molecule has 0 unspecified atom stereocenters. The fraction of sp³-hybridized carbons (Fsp3) is 0.235. The van der Waals surface area contributed by atoms with Crippen LogP contribution in [0.15, 0.2) is 41.6 Å². The highest BCUT2D eigenvalue weighted by Crippen LogP contribution is 2.18. The fourth-order valence-corrected chi connectivity index (χ4v) is 1.86. The van der Waals surface area contributed by atoms with Gasteiger partial charge in [0.05, 0.1) is 5.71 Å². The third-order valence-electron chi connectivity index (χ3n) is 3.26.